The third-order valence-electron chi connectivity index (χ3n) is 2.62. The van der Waals surface area contributed by atoms with E-state index in [1.807, 2.05) is 0 Å². The number of halogens is 2. The molecule has 1 atom stereocenters. The van der Waals surface area contributed by atoms with E-state index in [-0.39, 0.29) is 16.3 Å². The van der Waals surface area contributed by atoms with Crippen molar-refractivity contribution >= 4 is 43.5 Å². The van der Waals surface area contributed by atoms with Gasteiger partial charge in [0.25, 0.3) is 0 Å². The molecule has 0 heterocycles. The maximum atomic E-state index is 12.2. The normalized spacial score (nSPS) is 13.1. The molecule has 21 heavy (non-hydrogen) atoms. The van der Waals surface area contributed by atoms with Gasteiger partial charge in [0.2, 0.25) is 10.0 Å². The molecule has 0 spiro atoms. The number of hydrogen-bond donors (Lipinski definition) is 2. The van der Waals surface area contributed by atoms with Crippen molar-refractivity contribution in [3.63, 3.8) is 0 Å². The van der Waals surface area contributed by atoms with E-state index in [0.717, 1.165) is 0 Å². The second-order valence-electron chi connectivity index (χ2n) is 4.22. The SMILES string of the molecule is COCCCC(NS(=O)(=O)c1ccc(Br)cc1Cl)C(=O)O. The van der Waals surface area contributed by atoms with Gasteiger partial charge in [0.1, 0.15) is 10.9 Å². The van der Waals surface area contributed by atoms with Gasteiger partial charge in [-0.3, -0.25) is 4.79 Å². The third kappa shape index (κ3) is 5.55. The van der Waals surface area contributed by atoms with E-state index in [1.165, 1.54) is 25.3 Å². The molecule has 1 aromatic carbocycles. The van der Waals surface area contributed by atoms with E-state index in [4.69, 9.17) is 21.4 Å². The van der Waals surface area contributed by atoms with Gasteiger partial charge in [0.15, 0.2) is 0 Å². The van der Waals surface area contributed by atoms with E-state index in [1.54, 1.807) is 0 Å². The molecule has 0 aliphatic carbocycles. The molecule has 0 aliphatic heterocycles. The molecule has 0 amide bonds. The molecule has 0 radical (unpaired) electrons. The summed E-state index contributed by atoms with van der Waals surface area (Å²) in [6.45, 7) is 0.352. The fourth-order valence-electron chi connectivity index (χ4n) is 1.61. The topological polar surface area (TPSA) is 92.7 Å². The van der Waals surface area contributed by atoms with Gasteiger partial charge >= 0.3 is 5.97 Å². The number of benzene rings is 1. The minimum atomic E-state index is -4.01. The average molecular weight is 401 g/mol. The predicted molar refractivity (Wildman–Crippen MR) is 82.0 cm³/mol. The Morgan fingerprint density at radius 2 is 2.19 bits per heavy atom. The molecule has 6 nitrogen and oxygen atoms in total. The molecule has 2 N–H and O–H groups in total. The van der Waals surface area contributed by atoms with Crippen molar-refractivity contribution in [2.45, 2.75) is 23.8 Å². The number of carbonyl (C=O) groups is 1. The number of ether oxygens (including phenoxy) is 1. The highest BCUT2D eigenvalue weighted by Crippen LogP contribution is 2.25. The van der Waals surface area contributed by atoms with E-state index in [0.29, 0.717) is 17.5 Å². The molecule has 0 aromatic heterocycles. The van der Waals surface area contributed by atoms with Crippen molar-refractivity contribution in [1.82, 2.24) is 4.72 Å². The van der Waals surface area contributed by atoms with Crippen LogP contribution in [0.4, 0.5) is 0 Å². The zero-order valence-corrected chi connectivity index (χ0v) is 14.3. The van der Waals surface area contributed by atoms with Crippen molar-refractivity contribution < 1.29 is 23.1 Å². The lowest BCUT2D eigenvalue weighted by Gasteiger charge is -2.15. The van der Waals surface area contributed by atoms with E-state index >= 15 is 0 Å². The fraction of sp³-hybridized carbons (Fsp3) is 0.417. The molecule has 0 aliphatic rings. The standard InChI is InChI=1S/C12H15BrClNO5S/c1-20-6-2-3-10(12(16)17)15-21(18,19)11-5-4-8(13)7-9(11)14/h4-5,7,10,15H,2-3,6H2,1H3,(H,16,17). The van der Waals surface area contributed by atoms with Crippen LogP contribution in [0.15, 0.2) is 27.6 Å². The molecule has 1 aromatic rings. The second kappa shape index (κ2) is 8.09. The van der Waals surface area contributed by atoms with Crippen LogP contribution in [0, 0.1) is 0 Å². The number of carboxylic acid groups (broad SMARTS) is 1. The van der Waals surface area contributed by atoms with Gasteiger partial charge in [-0.15, -0.1) is 0 Å². The molecule has 0 saturated heterocycles. The van der Waals surface area contributed by atoms with Gasteiger partial charge in [-0.1, -0.05) is 27.5 Å². The molecule has 0 bridgehead atoms. The summed E-state index contributed by atoms with van der Waals surface area (Å²) in [4.78, 5) is 11.0. The quantitative estimate of drug-likeness (QED) is 0.653. The van der Waals surface area contributed by atoms with Gasteiger partial charge in [-0.05, 0) is 31.0 Å². The minimum absolute atomic E-state index is 0.0119. The molecular weight excluding hydrogens is 386 g/mol. The number of aliphatic carboxylic acids is 1. The van der Waals surface area contributed by atoms with Crippen LogP contribution >= 0.6 is 27.5 Å². The average Bonchev–Trinajstić information content (AvgIpc) is 2.36. The number of sulfonamides is 1. The Labute approximate surface area is 136 Å². The Hall–Kier alpha value is -0.670. The van der Waals surface area contributed by atoms with Crippen LogP contribution in [0.25, 0.3) is 0 Å². The highest BCUT2D eigenvalue weighted by Gasteiger charge is 2.26. The van der Waals surface area contributed by atoms with Gasteiger partial charge in [-0.25, -0.2) is 8.42 Å². The molecule has 1 rings (SSSR count). The zero-order valence-electron chi connectivity index (χ0n) is 11.2. The Kier molecular flexibility index (Phi) is 7.08. The smallest absolute Gasteiger partial charge is 0.321 e. The maximum absolute atomic E-state index is 12.2. The van der Waals surface area contributed by atoms with Crippen LogP contribution in [-0.2, 0) is 19.6 Å². The molecular formula is C12H15BrClNO5S. The van der Waals surface area contributed by atoms with E-state index < -0.39 is 22.0 Å². The maximum Gasteiger partial charge on any atom is 0.321 e. The number of carboxylic acids is 1. The van der Waals surface area contributed by atoms with Crippen LogP contribution in [0.2, 0.25) is 5.02 Å². The molecule has 1 unspecified atom stereocenters. The first-order valence-electron chi connectivity index (χ1n) is 5.97. The summed E-state index contributed by atoms with van der Waals surface area (Å²) < 4.78 is 32.0. The first-order chi connectivity index (χ1) is 9.77. The first kappa shape index (κ1) is 18.4. The summed E-state index contributed by atoms with van der Waals surface area (Å²) in [5.74, 6) is -1.25. The van der Waals surface area contributed by atoms with E-state index in [9.17, 15) is 13.2 Å². The van der Waals surface area contributed by atoms with Crippen LogP contribution in [0.3, 0.4) is 0 Å². The van der Waals surface area contributed by atoms with Crippen molar-refractivity contribution in [2.24, 2.45) is 0 Å². The summed E-state index contributed by atoms with van der Waals surface area (Å²) in [6.07, 6.45) is 0.542. The monoisotopic (exact) mass is 399 g/mol. The summed E-state index contributed by atoms with van der Waals surface area (Å²) in [5, 5.41) is 9.10. The van der Waals surface area contributed by atoms with E-state index in [2.05, 4.69) is 20.7 Å². The lowest BCUT2D eigenvalue weighted by molar-refractivity contribution is -0.139. The summed E-state index contributed by atoms with van der Waals surface area (Å²) in [7, 11) is -2.53. The first-order valence-corrected chi connectivity index (χ1v) is 8.62. The summed E-state index contributed by atoms with van der Waals surface area (Å²) in [6, 6.07) is 3.02. The highest BCUT2D eigenvalue weighted by atomic mass is 79.9. The van der Waals surface area contributed by atoms with Crippen LogP contribution in [-0.4, -0.2) is 39.3 Å². The third-order valence-corrected chi connectivity index (χ3v) is 5.07. The van der Waals surface area contributed by atoms with Gasteiger partial charge in [0.05, 0.1) is 5.02 Å². The van der Waals surface area contributed by atoms with Crippen molar-refractivity contribution in [3.8, 4) is 0 Å². The molecule has 118 valence electrons. The molecule has 9 heteroatoms. The Bertz CT molecular complexity index is 608. The fourth-order valence-corrected chi connectivity index (χ4v) is 3.87. The molecule has 0 saturated carbocycles. The molecule has 0 fully saturated rings. The number of nitrogens with one attached hydrogen (secondary N) is 1. The number of rotatable bonds is 8. The van der Waals surface area contributed by atoms with Crippen LogP contribution in [0.5, 0.6) is 0 Å². The number of methoxy groups -OCH3 is 1. The van der Waals surface area contributed by atoms with Crippen molar-refractivity contribution in [2.75, 3.05) is 13.7 Å². The number of hydrogen-bond acceptors (Lipinski definition) is 4. The zero-order chi connectivity index (χ0) is 16.0. The lowest BCUT2D eigenvalue weighted by atomic mass is 10.2. The van der Waals surface area contributed by atoms with Crippen LogP contribution in [0.1, 0.15) is 12.8 Å². The Morgan fingerprint density at radius 3 is 2.71 bits per heavy atom. The summed E-state index contributed by atoms with van der Waals surface area (Å²) >= 11 is 9.06. The lowest BCUT2D eigenvalue weighted by Crippen LogP contribution is -2.40. The summed E-state index contributed by atoms with van der Waals surface area (Å²) in [5.41, 5.74) is 0. The Morgan fingerprint density at radius 1 is 1.52 bits per heavy atom. The van der Waals surface area contributed by atoms with Gasteiger partial charge in [0, 0.05) is 18.2 Å². The highest BCUT2D eigenvalue weighted by molar-refractivity contribution is 9.10. The predicted octanol–water partition coefficient (Wildman–Crippen LogP) is 2.26. The largest absolute Gasteiger partial charge is 0.480 e. The second-order valence-corrected chi connectivity index (χ2v) is 7.23. The van der Waals surface area contributed by atoms with Crippen LogP contribution < -0.4 is 4.72 Å². The van der Waals surface area contributed by atoms with Crippen molar-refractivity contribution in [1.29, 1.82) is 0 Å². The van der Waals surface area contributed by atoms with Crippen molar-refractivity contribution in [3.05, 3.63) is 27.7 Å². The Balaban J connectivity index is 2.92. The minimum Gasteiger partial charge on any atom is -0.480 e. The van der Waals surface area contributed by atoms with Gasteiger partial charge < -0.3 is 9.84 Å². The van der Waals surface area contributed by atoms with Gasteiger partial charge in [-0.2, -0.15) is 4.72 Å².